The summed E-state index contributed by atoms with van der Waals surface area (Å²) in [5, 5.41) is 2.77. The van der Waals surface area contributed by atoms with Crippen LogP contribution in [0.4, 0.5) is 5.69 Å². The van der Waals surface area contributed by atoms with Gasteiger partial charge in [0.15, 0.2) is 4.80 Å². The van der Waals surface area contributed by atoms with Gasteiger partial charge in [-0.2, -0.15) is 9.30 Å². The number of sulfonamides is 1. The number of hydrogen-bond donors (Lipinski definition) is 1. The third kappa shape index (κ3) is 5.69. The van der Waals surface area contributed by atoms with Crippen LogP contribution in [0.15, 0.2) is 58.4 Å². The van der Waals surface area contributed by atoms with E-state index in [1.807, 2.05) is 16.7 Å². The lowest BCUT2D eigenvalue weighted by atomic mass is 9.99. The van der Waals surface area contributed by atoms with E-state index in [4.69, 9.17) is 4.74 Å². The number of ether oxygens (including phenoxy) is 1. The fraction of sp³-hybridized carbons (Fsp3) is 0.375. The zero-order valence-electron chi connectivity index (χ0n) is 19.6. The fourth-order valence-electron chi connectivity index (χ4n) is 4.13. The number of aromatic nitrogens is 1. The van der Waals surface area contributed by atoms with Crippen molar-refractivity contribution in [3.63, 3.8) is 0 Å². The summed E-state index contributed by atoms with van der Waals surface area (Å²) in [5.74, 6) is -1.02. The van der Waals surface area contributed by atoms with E-state index >= 15 is 0 Å². The van der Waals surface area contributed by atoms with Crippen LogP contribution in [0, 0.1) is 5.92 Å². The lowest BCUT2D eigenvalue weighted by molar-refractivity contribution is -0.123. The summed E-state index contributed by atoms with van der Waals surface area (Å²) in [6, 6.07) is 13.8. The number of rotatable bonds is 7. The lowest BCUT2D eigenvalue weighted by Gasteiger charge is -2.30. The number of hydrogen-bond acceptors (Lipinski definition) is 6. The average molecular weight is 517 g/mol. The lowest BCUT2D eigenvalue weighted by Crippen LogP contribution is -2.42. The molecule has 0 spiro atoms. The first-order chi connectivity index (χ1) is 16.8. The highest BCUT2D eigenvalue weighted by Gasteiger charge is 2.33. The summed E-state index contributed by atoms with van der Waals surface area (Å²) in [7, 11) is -2.06. The van der Waals surface area contributed by atoms with E-state index < -0.39 is 15.9 Å². The van der Waals surface area contributed by atoms with Gasteiger partial charge in [-0.1, -0.05) is 29.5 Å². The molecular weight excluding hydrogens is 488 g/mol. The number of benzene rings is 2. The van der Waals surface area contributed by atoms with Crippen LogP contribution in [0.2, 0.25) is 0 Å². The summed E-state index contributed by atoms with van der Waals surface area (Å²) < 4.78 is 35.5. The van der Waals surface area contributed by atoms with E-state index in [-0.39, 0.29) is 23.3 Å². The molecule has 1 atom stereocenters. The molecule has 2 amide bonds. The van der Waals surface area contributed by atoms with Crippen molar-refractivity contribution in [3.05, 3.63) is 53.3 Å². The number of anilines is 1. The van der Waals surface area contributed by atoms with Crippen LogP contribution < -0.4 is 10.1 Å². The molecule has 2 heterocycles. The zero-order chi connectivity index (χ0) is 25.0. The SMILES string of the molecule is COCCn1c(=NC(=O)C2CCCN(S(=O)(=O)c3ccccc3)C2)sc2cc(NC(C)=O)ccc21. The predicted octanol–water partition coefficient (Wildman–Crippen LogP) is 2.84. The van der Waals surface area contributed by atoms with Gasteiger partial charge in [-0.3, -0.25) is 9.59 Å². The number of amides is 2. The summed E-state index contributed by atoms with van der Waals surface area (Å²) in [4.78, 5) is 29.8. The Hall–Kier alpha value is -2.86. The van der Waals surface area contributed by atoms with Crippen molar-refractivity contribution < 1.29 is 22.7 Å². The minimum atomic E-state index is -3.67. The number of methoxy groups -OCH3 is 1. The van der Waals surface area contributed by atoms with Crippen LogP contribution in [0.25, 0.3) is 10.2 Å². The molecule has 4 rings (SSSR count). The normalized spacial score (nSPS) is 17.5. The van der Waals surface area contributed by atoms with E-state index in [0.29, 0.717) is 43.0 Å². The summed E-state index contributed by atoms with van der Waals surface area (Å²) >= 11 is 1.35. The molecule has 1 N–H and O–H groups in total. The minimum Gasteiger partial charge on any atom is -0.383 e. The maximum absolute atomic E-state index is 13.2. The molecule has 186 valence electrons. The van der Waals surface area contributed by atoms with E-state index in [9.17, 15) is 18.0 Å². The molecule has 11 heteroatoms. The molecule has 1 fully saturated rings. The first-order valence-corrected chi connectivity index (χ1v) is 13.6. The molecule has 9 nitrogen and oxygen atoms in total. The quantitative estimate of drug-likeness (QED) is 0.519. The Morgan fingerprint density at radius 2 is 1.97 bits per heavy atom. The van der Waals surface area contributed by atoms with Gasteiger partial charge >= 0.3 is 0 Å². The van der Waals surface area contributed by atoms with Crippen LogP contribution in [0.1, 0.15) is 19.8 Å². The Bertz CT molecular complexity index is 1400. The molecule has 1 saturated heterocycles. The monoisotopic (exact) mass is 516 g/mol. The molecule has 2 aromatic carbocycles. The number of thiazole rings is 1. The Labute approximate surface area is 208 Å². The van der Waals surface area contributed by atoms with Crippen LogP contribution in [0.5, 0.6) is 0 Å². The van der Waals surface area contributed by atoms with Crippen molar-refractivity contribution in [2.75, 3.05) is 32.1 Å². The van der Waals surface area contributed by atoms with Crippen molar-refractivity contribution in [1.82, 2.24) is 8.87 Å². The number of carbonyl (C=O) groups is 2. The summed E-state index contributed by atoms with van der Waals surface area (Å²) in [5.41, 5.74) is 1.54. The molecule has 1 aliphatic rings. The highest BCUT2D eigenvalue weighted by atomic mass is 32.2. The van der Waals surface area contributed by atoms with Gasteiger partial charge in [-0.25, -0.2) is 8.42 Å². The molecule has 0 bridgehead atoms. The van der Waals surface area contributed by atoms with Crippen molar-refractivity contribution >= 4 is 49.1 Å². The van der Waals surface area contributed by atoms with Crippen LogP contribution in [0.3, 0.4) is 0 Å². The van der Waals surface area contributed by atoms with Crippen molar-refractivity contribution in [3.8, 4) is 0 Å². The van der Waals surface area contributed by atoms with Crippen molar-refractivity contribution in [1.29, 1.82) is 0 Å². The van der Waals surface area contributed by atoms with Gasteiger partial charge in [-0.05, 0) is 43.2 Å². The van der Waals surface area contributed by atoms with E-state index in [1.54, 1.807) is 43.5 Å². The maximum atomic E-state index is 13.2. The van der Waals surface area contributed by atoms with E-state index in [0.717, 1.165) is 10.2 Å². The molecule has 0 saturated carbocycles. The molecule has 35 heavy (non-hydrogen) atoms. The number of piperidine rings is 1. The van der Waals surface area contributed by atoms with Gasteiger partial charge in [0.05, 0.1) is 27.6 Å². The topological polar surface area (TPSA) is 110 Å². The summed E-state index contributed by atoms with van der Waals surface area (Å²) in [6.07, 6.45) is 1.17. The highest BCUT2D eigenvalue weighted by molar-refractivity contribution is 7.89. The second-order valence-corrected chi connectivity index (χ2v) is 11.3. The third-order valence-corrected chi connectivity index (χ3v) is 8.76. The molecule has 0 radical (unpaired) electrons. The van der Waals surface area contributed by atoms with Gasteiger partial charge in [0, 0.05) is 39.4 Å². The van der Waals surface area contributed by atoms with E-state index in [2.05, 4.69) is 10.3 Å². The van der Waals surface area contributed by atoms with E-state index in [1.165, 1.54) is 22.6 Å². The average Bonchev–Trinajstić information content (AvgIpc) is 3.18. The number of nitrogens with zero attached hydrogens (tertiary/aromatic N) is 3. The van der Waals surface area contributed by atoms with Crippen LogP contribution >= 0.6 is 11.3 Å². The predicted molar refractivity (Wildman–Crippen MR) is 134 cm³/mol. The number of carbonyl (C=O) groups excluding carboxylic acids is 2. The second kappa shape index (κ2) is 10.8. The van der Waals surface area contributed by atoms with Crippen LogP contribution in [-0.4, -0.2) is 55.9 Å². The van der Waals surface area contributed by atoms with Gasteiger partial charge < -0.3 is 14.6 Å². The molecule has 3 aromatic rings. The van der Waals surface area contributed by atoms with Gasteiger partial charge in [0.2, 0.25) is 15.9 Å². The molecule has 1 aliphatic heterocycles. The first kappa shape index (κ1) is 25.2. The molecular formula is C24H28N4O5S2. The minimum absolute atomic E-state index is 0.106. The molecule has 0 aliphatic carbocycles. The number of nitrogens with one attached hydrogen (secondary N) is 1. The van der Waals surface area contributed by atoms with Gasteiger partial charge in [0.1, 0.15) is 0 Å². The third-order valence-electron chi connectivity index (χ3n) is 5.84. The maximum Gasteiger partial charge on any atom is 0.252 e. The highest BCUT2D eigenvalue weighted by Crippen LogP contribution is 2.25. The zero-order valence-corrected chi connectivity index (χ0v) is 21.3. The Balaban J connectivity index is 1.63. The largest absolute Gasteiger partial charge is 0.383 e. The standard InChI is InChI=1S/C24H28N4O5S2/c1-17(29)25-19-10-11-21-22(15-19)34-24(28(21)13-14-33-2)26-23(30)18-7-6-12-27(16-18)35(31,32)20-8-4-3-5-9-20/h3-5,8-11,15,18H,6-7,12-14,16H2,1-2H3,(H,25,29). The van der Waals surface area contributed by atoms with Gasteiger partial charge in [0.25, 0.3) is 5.91 Å². The Morgan fingerprint density at radius 1 is 1.20 bits per heavy atom. The number of fused-ring (bicyclic) bond motifs is 1. The smallest absolute Gasteiger partial charge is 0.252 e. The molecule has 1 unspecified atom stereocenters. The second-order valence-electron chi connectivity index (χ2n) is 8.36. The van der Waals surface area contributed by atoms with Crippen molar-refractivity contribution in [2.24, 2.45) is 10.9 Å². The summed E-state index contributed by atoms with van der Waals surface area (Å²) in [6.45, 7) is 2.87. The van der Waals surface area contributed by atoms with Gasteiger partial charge in [-0.15, -0.1) is 0 Å². The van der Waals surface area contributed by atoms with Crippen molar-refractivity contribution in [2.45, 2.75) is 31.2 Å². The Kier molecular flexibility index (Phi) is 7.80. The Morgan fingerprint density at radius 3 is 2.69 bits per heavy atom. The molecule has 1 aromatic heterocycles. The van der Waals surface area contributed by atoms with Crippen LogP contribution in [-0.2, 0) is 30.9 Å². The fourth-order valence-corrected chi connectivity index (χ4v) is 6.77. The first-order valence-electron chi connectivity index (χ1n) is 11.3.